The largest absolute Gasteiger partial charge is 0.377 e. The summed E-state index contributed by atoms with van der Waals surface area (Å²) in [6.07, 6.45) is 4.61. The molecule has 2 fully saturated rings. The van der Waals surface area contributed by atoms with Gasteiger partial charge >= 0.3 is 0 Å². The number of benzene rings is 1. The fourth-order valence-electron chi connectivity index (χ4n) is 3.88. The number of ether oxygens (including phenoxy) is 1. The molecular formula is C24H37N3O3. The van der Waals surface area contributed by atoms with E-state index in [0.717, 1.165) is 49.2 Å². The van der Waals surface area contributed by atoms with E-state index in [1.54, 1.807) is 0 Å². The molecule has 6 heteroatoms. The molecule has 0 bridgehead atoms. The Morgan fingerprint density at radius 2 is 1.90 bits per heavy atom. The number of rotatable bonds is 8. The van der Waals surface area contributed by atoms with Crippen molar-refractivity contribution in [2.75, 3.05) is 37.5 Å². The van der Waals surface area contributed by atoms with E-state index in [0.29, 0.717) is 19.5 Å². The second-order valence-corrected chi connectivity index (χ2v) is 10.1. The van der Waals surface area contributed by atoms with Crippen molar-refractivity contribution in [1.29, 1.82) is 0 Å². The Hall–Kier alpha value is -2.08. The number of anilines is 2. The second kappa shape index (κ2) is 9.38. The summed E-state index contributed by atoms with van der Waals surface area (Å²) in [6.45, 7) is 8.17. The maximum atomic E-state index is 13.2. The summed E-state index contributed by atoms with van der Waals surface area (Å²) in [4.78, 5) is 29.4. The summed E-state index contributed by atoms with van der Waals surface area (Å²) in [5.74, 6) is 0.403. The van der Waals surface area contributed by atoms with E-state index in [4.69, 9.17) is 4.74 Å². The molecule has 1 aromatic rings. The molecule has 3 rings (SSSR count). The van der Waals surface area contributed by atoms with Crippen molar-refractivity contribution in [1.82, 2.24) is 4.90 Å². The zero-order valence-electron chi connectivity index (χ0n) is 19.2. The van der Waals surface area contributed by atoms with Crippen LogP contribution in [-0.2, 0) is 20.9 Å². The van der Waals surface area contributed by atoms with E-state index >= 15 is 0 Å². The van der Waals surface area contributed by atoms with Crippen LogP contribution < -0.4 is 10.2 Å². The summed E-state index contributed by atoms with van der Waals surface area (Å²) in [5, 5.41) is 3.04. The van der Waals surface area contributed by atoms with Crippen molar-refractivity contribution in [2.45, 2.75) is 65.5 Å². The fourth-order valence-corrected chi connectivity index (χ4v) is 3.88. The molecule has 1 aliphatic heterocycles. The molecule has 0 radical (unpaired) electrons. The van der Waals surface area contributed by atoms with Gasteiger partial charge in [0.25, 0.3) is 0 Å². The van der Waals surface area contributed by atoms with Crippen LogP contribution in [0.5, 0.6) is 0 Å². The van der Waals surface area contributed by atoms with Gasteiger partial charge in [0.15, 0.2) is 0 Å². The molecule has 2 amide bonds. The van der Waals surface area contributed by atoms with Crippen molar-refractivity contribution in [3.63, 3.8) is 0 Å². The zero-order valence-corrected chi connectivity index (χ0v) is 19.2. The summed E-state index contributed by atoms with van der Waals surface area (Å²) >= 11 is 0. The van der Waals surface area contributed by atoms with Gasteiger partial charge in [-0.2, -0.15) is 0 Å². The van der Waals surface area contributed by atoms with E-state index in [-0.39, 0.29) is 29.3 Å². The predicted molar refractivity (Wildman–Crippen MR) is 121 cm³/mol. The maximum Gasteiger partial charge on any atom is 0.227 e. The number of amides is 2. The third-order valence-corrected chi connectivity index (χ3v) is 5.62. The van der Waals surface area contributed by atoms with Crippen molar-refractivity contribution >= 4 is 23.2 Å². The summed E-state index contributed by atoms with van der Waals surface area (Å²) in [5.41, 5.74) is 2.82. The van der Waals surface area contributed by atoms with E-state index in [2.05, 4.69) is 31.0 Å². The minimum absolute atomic E-state index is 0.0731. The Bertz CT molecular complexity index is 759. The van der Waals surface area contributed by atoms with Crippen LogP contribution in [0, 0.1) is 11.3 Å². The van der Waals surface area contributed by atoms with Gasteiger partial charge in [0.2, 0.25) is 11.8 Å². The van der Waals surface area contributed by atoms with Gasteiger partial charge < -0.3 is 19.9 Å². The molecular weight excluding hydrogens is 378 g/mol. The number of nitrogens with zero attached hydrogens (tertiary/aromatic N) is 2. The molecule has 1 aliphatic carbocycles. The second-order valence-electron chi connectivity index (χ2n) is 10.1. The number of carbonyl (C=O) groups excluding carboxylic acids is 2. The minimum Gasteiger partial charge on any atom is -0.377 e. The van der Waals surface area contributed by atoms with Crippen LogP contribution in [0.4, 0.5) is 11.4 Å². The monoisotopic (exact) mass is 415 g/mol. The van der Waals surface area contributed by atoms with E-state index in [1.165, 1.54) is 0 Å². The van der Waals surface area contributed by atoms with Gasteiger partial charge in [0.1, 0.15) is 0 Å². The van der Waals surface area contributed by atoms with Gasteiger partial charge in [-0.25, -0.2) is 0 Å². The molecule has 1 unspecified atom stereocenters. The molecule has 0 spiro atoms. The maximum absolute atomic E-state index is 13.2. The van der Waals surface area contributed by atoms with E-state index < -0.39 is 0 Å². The highest BCUT2D eigenvalue weighted by atomic mass is 16.5. The molecule has 1 saturated carbocycles. The highest BCUT2D eigenvalue weighted by Crippen LogP contribution is 2.32. The van der Waals surface area contributed by atoms with Crippen LogP contribution in [0.2, 0.25) is 0 Å². The van der Waals surface area contributed by atoms with Crippen LogP contribution in [0.15, 0.2) is 18.2 Å². The standard InChI is InChI=1S/C24H37N3O3/c1-24(2,3)14-22(28)27(16-20-7-6-12-30-20)15-18-13-19(10-11-21(18)26(4)5)25-23(29)17-8-9-17/h10-11,13,17,20H,6-9,12,14-16H2,1-5H3,(H,25,29). The lowest BCUT2D eigenvalue weighted by Gasteiger charge is -2.30. The normalized spacial score (nSPS) is 18.9. The van der Waals surface area contributed by atoms with Crippen LogP contribution in [0.1, 0.15) is 58.4 Å². The molecule has 1 atom stereocenters. The Morgan fingerprint density at radius 1 is 1.17 bits per heavy atom. The van der Waals surface area contributed by atoms with Gasteiger partial charge in [-0.3, -0.25) is 9.59 Å². The third-order valence-electron chi connectivity index (χ3n) is 5.62. The SMILES string of the molecule is CN(C)c1ccc(NC(=O)C2CC2)cc1CN(CC1CCCO1)C(=O)CC(C)(C)C. The topological polar surface area (TPSA) is 61.9 Å². The first kappa shape index (κ1) is 22.6. The van der Waals surface area contributed by atoms with E-state index in [9.17, 15) is 9.59 Å². The molecule has 0 aromatic heterocycles. The first-order valence-corrected chi connectivity index (χ1v) is 11.1. The first-order chi connectivity index (χ1) is 14.1. The smallest absolute Gasteiger partial charge is 0.227 e. The number of carbonyl (C=O) groups is 2. The summed E-state index contributed by atoms with van der Waals surface area (Å²) in [7, 11) is 4.01. The zero-order chi connectivity index (χ0) is 21.9. The lowest BCUT2D eigenvalue weighted by atomic mass is 9.91. The van der Waals surface area contributed by atoms with Crippen LogP contribution in [0.25, 0.3) is 0 Å². The Morgan fingerprint density at radius 3 is 2.47 bits per heavy atom. The number of nitrogens with one attached hydrogen (secondary N) is 1. The van der Waals surface area contributed by atoms with Crippen LogP contribution >= 0.6 is 0 Å². The Kier molecular flexibility index (Phi) is 7.06. The Balaban J connectivity index is 1.82. The summed E-state index contributed by atoms with van der Waals surface area (Å²) < 4.78 is 5.83. The van der Waals surface area contributed by atoms with Gasteiger partial charge in [-0.1, -0.05) is 20.8 Å². The van der Waals surface area contributed by atoms with Crippen molar-refractivity contribution in [3.05, 3.63) is 23.8 Å². The van der Waals surface area contributed by atoms with E-state index in [1.807, 2.05) is 37.2 Å². The molecule has 1 N–H and O–H groups in total. The van der Waals surface area contributed by atoms with Crippen molar-refractivity contribution in [3.8, 4) is 0 Å². The van der Waals surface area contributed by atoms with Crippen molar-refractivity contribution in [2.24, 2.45) is 11.3 Å². The highest BCUT2D eigenvalue weighted by Gasteiger charge is 2.30. The van der Waals surface area contributed by atoms with Gasteiger partial charge in [0.05, 0.1) is 6.10 Å². The molecule has 166 valence electrons. The molecule has 30 heavy (non-hydrogen) atoms. The molecule has 1 heterocycles. The summed E-state index contributed by atoms with van der Waals surface area (Å²) in [6, 6.07) is 5.99. The lowest BCUT2D eigenvalue weighted by molar-refractivity contribution is -0.135. The lowest BCUT2D eigenvalue weighted by Crippen LogP contribution is -2.38. The van der Waals surface area contributed by atoms with Crippen LogP contribution in [-0.4, -0.2) is 50.1 Å². The molecule has 2 aliphatic rings. The van der Waals surface area contributed by atoms with Crippen LogP contribution in [0.3, 0.4) is 0 Å². The van der Waals surface area contributed by atoms with Gasteiger partial charge in [0, 0.05) is 57.5 Å². The highest BCUT2D eigenvalue weighted by molar-refractivity contribution is 5.94. The van der Waals surface area contributed by atoms with Crippen molar-refractivity contribution < 1.29 is 14.3 Å². The quantitative estimate of drug-likeness (QED) is 0.696. The predicted octanol–water partition coefficient (Wildman–Crippen LogP) is 4.04. The number of hydrogen-bond donors (Lipinski definition) is 1. The van der Waals surface area contributed by atoms with Gasteiger partial charge in [-0.05, 0) is 54.9 Å². The third kappa shape index (κ3) is 6.46. The van der Waals surface area contributed by atoms with Gasteiger partial charge in [-0.15, -0.1) is 0 Å². The fraction of sp³-hybridized carbons (Fsp3) is 0.667. The number of hydrogen-bond acceptors (Lipinski definition) is 4. The molecule has 1 aromatic carbocycles. The average molecular weight is 416 g/mol. The average Bonchev–Trinajstić information content (AvgIpc) is 3.37. The molecule has 1 saturated heterocycles. The minimum atomic E-state index is -0.0731. The molecule has 6 nitrogen and oxygen atoms in total. The first-order valence-electron chi connectivity index (χ1n) is 11.1. The Labute approximate surface area is 180 Å².